The molecular weight excluding hydrogens is 216 g/mol. The number of aryl methyl sites for hydroxylation is 1. The molecule has 4 heteroatoms. The second-order valence-electron chi connectivity index (χ2n) is 4.44. The Morgan fingerprint density at radius 1 is 1.35 bits per heavy atom. The molecule has 0 aliphatic rings. The summed E-state index contributed by atoms with van der Waals surface area (Å²) in [5, 5.41) is 0. The lowest BCUT2D eigenvalue weighted by molar-refractivity contribution is -0.127. The zero-order valence-electron chi connectivity index (χ0n) is 10.8. The van der Waals surface area contributed by atoms with Crippen molar-refractivity contribution >= 4 is 5.91 Å². The van der Waals surface area contributed by atoms with Crippen LogP contribution in [0.25, 0.3) is 0 Å². The van der Waals surface area contributed by atoms with E-state index >= 15 is 0 Å². The molecule has 1 rings (SSSR count). The molecule has 4 nitrogen and oxygen atoms in total. The van der Waals surface area contributed by atoms with Crippen LogP contribution in [0.3, 0.4) is 0 Å². The number of benzene rings is 1. The summed E-state index contributed by atoms with van der Waals surface area (Å²) in [5.41, 5.74) is 4.52. The maximum Gasteiger partial charge on any atom is 0.274 e. The number of hydrogen-bond donors (Lipinski definition) is 2. The number of carbonyl (C=O) groups excluding carboxylic acids is 1. The predicted octanol–water partition coefficient (Wildman–Crippen LogP) is 1.88. The van der Waals surface area contributed by atoms with Crippen molar-refractivity contribution in [3.8, 4) is 5.75 Å². The molecule has 1 unspecified atom stereocenters. The summed E-state index contributed by atoms with van der Waals surface area (Å²) in [7, 11) is 0. The summed E-state index contributed by atoms with van der Waals surface area (Å²) in [5.74, 6) is 5.87. The number of hydrogen-bond acceptors (Lipinski definition) is 3. The average Bonchev–Trinajstić information content (AvgIpc) is 2.27. The summed E-state index contributed by atoms with van der Waals surface area (Å²) < 4.78 is 5.49. The summed E-state index contributed by atoms with van der Waals surface area (Å²) in [4.78, 5) is 11.2. The van der Waals surface area contributed by atoms with Crippen LogP contribution in [0, 0.1) is 6.92 Å². The van der Waals surface area contributed by atoms with Gasteiger partial charge in [-0.1, -0.05) is 19.9 Å². The first-order valence-corrected chi connectivity index (χ1v) is 5.73. The van der Waals surface area contributed by atoms with Crippen molar-refractivity contribution in [3.63, 3.8) is 0 Å². The Hall–Kier alpha value is -1.55. The Labute approximate surface area is 102 Å². The lowest BCUT2D eigenvalue weighted by atomic mass is 9.98. The fraction of sp³-hybridized carbons (Fsp3) is 0.462. The van der Waals surface area contributed by atoms with Crippen LogP contribution in [0.15, 0.2) is 18.2 Å². The standard InChI is InChI=1S/C13H20N2O2/c1-8(2)12-6-5-11(7-9(12)3)17-10(4)13(16)15-14/h5-8,10H,14H2,1-4H3,(H,15,16). The van der Waals surface area contributed by atoms with Crippen molar-refractivity contribution in [1.82, 2.24) is 5.43 Å². The highest BCUT2D eigenvalue weighted by Crippen LogP contribution is 2.24. The summed E-state index contributed by atoms with van der Waals surface area (Å²) in [6.45, 7) is 7.99. The largest absolute Gasteiger partial charge is 0.481 e. The highest BCUT2D eigenvalue weighted by molar-refractivity contribution is 5.80. The lowest BCUT2D eigenvalue weighted by Gasteiger charge is -2.15. The molecule has 0 aliphatic heterocycles. The molecule has 0 heterocycles. The van der Waals surface area contributed by atoms with Gasteiger partial charge in [0, 0.05) is 0 Å². The minimum Gasteiger partial charge on any atom is -0.481 e. The van der Waals surface area contributed by atoms with E-state index in [1.165, 1.54) is 5.56 Å². The molecule has 17 heavy (non-hydrogen) atoms. The zero-order chi connectivity index (χ0) is 13.0. The van der Waals surface area contributed by atoms with E-state index in [0.717, 1.165) is 5.56 Å². The summed E-state index contributed by atoms with van der Waals surface area (Å²) >= 11 is 0. The van der Waals surface area contributed by atoms with Gasteiger partial charge in [0.25, 0.3) is 5.91 Å². The maximum atomic E-state index is 11.2. The minimum absolute atomic E-state index is 0.337. The molecule has 0 aromatic heterocycles. The minimum atomic E-state index is -0.593. The smallest absolute Gasteiger partial charge is 0.274 e. The summed E-state index contributed by atoms with van der Waals surface area (Å²) in [6, 6.07) is 5.85. The topological polar surface area (TPSA) is 64.3 Å². The van der Waals surface area contributed by atoms with Gasteiger partial charge < -0.3 is 4.74 Å². The number of rotatable bonds is 4. The fourth-order valence-corrected chi connectivity index (χ4v) is 1.74. The van der Waals surface area contributed by atoms with E-state index in [1.807, 2.05) is 25.1 Å². The van der Waals surface area contributed by atoms with Crippen molar-refractivity contribution in [2.75, 3.05) is 0 Å². The van der Waals surface area contributed by atoms with Gasteiger partial charge in [-0.05, 0) is 43.0 Å². The number of carbonyl (C=O) groups is 1. The van der Waals surface area contributed by atoms with E-state index in [4.69, 9.17) is 10.6 Å². The Kier molecular flexibility index (Phi) is 4.52. The van der Waals surface area contributed by atoms with Crippen LogP contribution in [-0.2, 0) is 4.79 Å². The van der Waals surface area contributed by atoms with Crippen LogP contribution in [0.2, 0.25) is 0 Å². The van der Waals surface area contributed by atoms with E-state index in [2.05, 4.69) is 19.3 Å². The Morgan fingerprint density at radius 2 is 2.00 bits per heavy atom. The third-order valence-corrected chi connectivity index (χ3v) is 2.69. The first-order chi connectivity index (χ1) is 7.95. The van der Waals surface area contributed by atoms with Crippen molar-refractivity contribution in [2.45, 2.75) is 39.7 Å². The van der Waals surface area contributed by atoms with Crippen LogP contribution in [0.1, 0.15) is 37.8 Å². The SMILES string of the molecule is Cc1cc(OC(C)C(=O)NN)ccc1C(C)C. The Balaban J connectivity index is 2.81. The van der Waals surface area contributed by atoms with Crippen LogP contribution >= 0.6 is 0 Å². The highest BCUT2D eigenvalue weighted by atomic mass is 16.5. The number of nitrogens with one attached hydrogen (secondary N) is 1. The third kappa shape index (κ3) is 3.46. The molecule has 0 spiro atoms. The Bertz CT molecular complexity index is 402. The first kappa shape index (κ1) is 13.5. The van der Waals surface area contributed by atoms with Crippen molar-refractivity contribution in [1.29, 1.82) is 0 Å². The van der Waals surface area contributed by atoms with Crippen molar-refractivity contribution in [3.05, 3.63) is 29.3 Å². The molecule has 3 N–H and O–H groups in total. The maximum absolute atomic E-state index is 11.2. The normalized spacial score (nSPS) is 12.4. The van der Waals surface area contributed by atoms with Gasteiger partial charge in [0.15, 0.2) is 6.10 Å². The van der Waals surface area contributed by atoms with Gasteiger partial charge in [-0.3, -0.25) is 10.2 Å². The van der Waals surface area contributed by atoms with Gasteiger partial charge in [-0.2, -0.15) is 0 Å². The van der Waals surface area contributed by atoms with Gasteiger partial charge in [0.2, 0.25) is 0 Å². The molecule has 0 saturated heterocycles. The van der Waals surface area contributed by atoms with Crippen molar-refractivity contribution in [2.24, 2.45) is 5.84 Å². The number of ether oxygens (including phenoxy) is 1. The van der Waals surface area contributed by atoms with Gasteiger partial charge in [-0.25, -0.2) is 5.84 Å². The fourth-order valence-electron chi connectivity index (χ4n) is 1.74. The van der Waals surface area contributed by atoms with Gasteiger partial charge in [0.05, 0.1) is 0 Å². The molecule has 1 aromatic carbocycles. The van der Waals surface area contributed by atoms with Crippen molar-refractivity contribution < 1.29 is 9.53 Å². The third-order valence-electron chi connectivity index (χ3n) is 2.69. The molecule has 0 aliphatic carbocycles. The number of nitrogens with two attached hydrogens (primary N) is 1. The van der Waals surface area contributed by atoms with Crippen LogP contribution < -0.4 is 16.0 Å². The zero-order valence-corrected chi connectivity index (χ0v) is 10.8. The number of amides is 1. The quantitative estimate of drug-likeness (QED) is 0.476. The first-order valence-electron chi connectivity index (χ1n) is 5.73. The monoisotopic (exact) mass is 236 g/mol. The lowest BCUT2D eigenvalue weighted by Crippen LogP contribution is -2.40. The molecule has 94 valence electrons. The van der Waals surface area contributed by atoms with E-state index in [0.29, 0.717) is 11.7 Å². The van der Waals surface area contributed by atoms with E-state index in [9.17, 15) is 4.79 Å². The van der Waals surface area contributed by atoms with Gasteiger partial charge in [0.1, 0.15) is 5.75 Å². The van der Waals surface area contributed by atoms with Crippen LogP contribution in [0.4, 0.5) is 0 Å². The molecule has 0 radical (unpaired) electrons. The predicted molar refractivity (Wildman–Crippen MR) is 67.7 cm³/mol. The highest BCUT2D eigenvalue weighted by Gasteiger charge is 2.13. The average molecular weight is 236 g/mol. The number of hydrazine groups is 1. The molecule has 1 atom stereocenters. The van der Waals surface area contributed by atoms with E-state index in [-0.39, 0.29) is 5.91 Å². The molecule has 0 saturated carbocycles. The molecular formula is C13H20N2O2. The van der Waals surface area contributed by atoms with Crippen LogP contribution in [0.5, 0.6) is 5.75 Å². The van der Waals surface area contributed by atoms with E-state index < -0.39 is 6.10 Å². The molecule has 0 bridgehead atoms. The Morgan fingerprint density at radius 3 is 2.47 bits per heavy atom. The molecule has 1 amide bonds. The second-order valence-corrected chi connectivity index (χ2v) is 4.44. The van der Waals surface area contributed by atoms with Crippen LogP contribution in [-0.4, -0.2) is 12.0 Å². The van der Waals surface area contributed by atoms with Gasteiger partial charge in [-0.15, -0.1) is 0 Å². The molecule has 1 aromatic rings. The van der Waals surface area contributed by atoms with Gasteiger partial charge >= 0.3 is 0 Å². The summed E-state index contributed by atoms with van der Waals surface area (Å²) in [6.07, 6.45) is -0.593. The van der Waals surface area contributed by atoms with E-state index in [1.54, 1.807) is 6.92 Å². The molecule has 0 fully saturated rings. The second kappa shape index (κ2) is 5.68.